The Bertz CT molecular complexity index is 1420. The molecule has 0 aliphatic carbocycles. The summed E-state index contributed by atoms with van der Waals surface area (Å²) in [6.45, 7) is 3.50. The highest BCUT2D eigenvalue weighted by molar-refractivity contribution is 7.14. The van der Waals surface area contributed by atoms with E-state index in [9.17, 15) is 19.7 Å². The minimum absolute atomic E-state index is 0.0257. The Labute approximate surface area is 216 Å². The number of allylic oxidation sites excluding steroid dienone is 2. The van der Waals surface area contributed by atoms with Crippen molar-refractivity contribution in [1.29, 1.82) is 0 Å². The van der Waals surface area contributed by atoms with E-state index in [2.05, 4.69) is 15.6 Å². The zero-order valence-corrected chi connectivity index (χ0v) is 21.3. The predicted octanol–water partition coefficient (Wildman–Crippen LogP) is 5.04. The van der Waals surface area contributed by atoms with E-state index >= 15 is 0 Å². The molecular formula is C26H24N4O6S. The molecule has 0 saturated carbocycles. The van der Waals surface area contributed by atoms with Crippen molar-refractivity contribution in [3.8, 4) is 11.3 Å². The molecule has 1 aliphatic heterocycles. The number of thiazole rings is 1. The molecule has 10 nitrogen and oxygen atoms in total. The average Bonchev–Trinajstić information content (AvgIpc) is 3.35. The topological polar surface area (TPSA) is 133 Å². The smallest absolute Gasteiger partial charge is 0.336 e. The molecule has 0 saturated heterocycles. The van der Waals surface area contributed by atoms with Crippen LogP contribution in [0.2, 0.25) is 0 Å². The Balaban J connectivity index is 1.71. The highest BCUT2D eigenvalue weighted by Gasteiger charge is 2.37. The number of hydrogen-bond donors (Lipinski definition) is 2. The van der Waals surface area contributed by atoms with Gasteiger partial charge in [-0.1, -0.05) is 24.3 Å². The number of nitrogens with zero attached hydrogens (tertiary/aromatic N) is 2. The molecule has 190 valence electrons. The maximum absolute atomic E-state index is 12.7. The first kappa shape index (κ1) is 25.6. The van der Waals surface area contributed by atoms with Crippen molar-refractivity contribution in [2.24, 2.45) is 0 Å². The molecule has 0 radical (unpaired) electrons. The number of aromatic nitrogens is 1. The number of nitro benzene ring substituents is 1. The van der Waals surface area contributed by atoms with Crippen LogP contribution >= 0.6 is 11.3 Å². The molecule has 4 rings (SSSR count). The summed E-state index contributed by atoms with van der Waals surface area (Å²) in [6, 6.07) is 13.7. The van der Waals surface area contributed by atoms with Crippen LogP contribution in [0.1, 0.15) is 25.3 Å². The summed E-state index contributed by atoms with van der Waals surface area (Å²) in [5, 5.41) is 20.0. The Morgan fingerprint density at radius 1 is 1.03 bits per heavy atom. The van der Waals surface area contributed by atoms with Crippen LogP contribution in [0.4, 0.5) is 16.5 Å². The first-order valence-corrected chi connectivity index (χ1v) is 12.0. The van der Waals surface area contributed by atoms with Crippen molar-refractivity contribution in [1.82, 2.24) is 10.3 Å². The van der Waals surface area contributed by atoms with Crippen LogP contribution in [0.5, 0.6) is 0 Å². The average molecular weight is 521 g/mol. The van der Waals surface area contributed by atoms with Gasteiger partial charge in [0.05, 0.1) is 47.5 Å². The zero-order chi connectivity index (χ0) is 26.7. The largest absolute Gasteiger partial charge is 0.466 e. The third kappa shape index (κ3) is 5.07. The lowest BCUT2D eigenvalue weighted by molar-refractivity contribution is -0.384. The fourth-order valence-electron chi connectivity index (χ4n) is 4.31. The second kappa shape index (κ2) is 10.6. The summed E-state index contributed by atoms with van der Waals surface area (Å²) < 4.78 is 10.0. The quantitative estimate of drug-likeness (QED) is 0.250. The Hall–Kier alpha value is -4.51. The number of carbonyl (C=O) groups excluding carboxylic acids is 2. The van der Waals surface area contributed by atoms with Gasteiger partial charge in [-0.05, 0) is 37.6 Å². The third-order valence-corrected chi connectivity index (χ3v) is 6.68. The number of benzene rings is 2. The number of anilines is 2. The molecule has 0 spiro atoms. The van der Waals surface area contributed by atoms with Gasteiger partial charge in [-0.2, -0.15) is 0 Å². The van der Waals surface area contributed by atoms with Gasteiger partial charge >= 0.3 is 11.9 Å². The summed E-state index contributed by atoms with van der Waals surface area (Å²) in [7, 11) is 2.58. The maximum Gasteiger partial charge on any atom is 0.336 e. The fourth-order valence-corrected chi connectivity index (χ4v) is 5.04. The lowest BCUT2D eigenvalue weighted by Crippen LogP contribution is -2.32. The van der Waals surface area contributed by atoms with Crippen LogP contribution < -0.4 is 10.6 Å². The summed E-state index contributed by atoms with van der Waals surface area (Å²) in [5.41, 5.74) is 3.96. The number of hydrogen-bond acceptors (Lipinski definition) is 10. The van der Waals surface area contributed by atoms with E-state index in [0.29, 0.717) is 50.2 Å². The van der Waals surface area contributed by atoms with Gasteiger partial charge in [0, 0.05) is 28.5 Å². The molecule has 1 aromatic heterocycles. The minimum atomic E-state index is -0.721. The zero-order valence-electron chi connectivity index (χ0n) is 20.5. The number of nitro groups is 1. The number of methoxy groups -OCH3 is 2. The van der Waals surface area contributed by atoms with Crippen LogP contribution in [0.3, 0.4) is 0 Å². The molecule has 3 aromatic rings. The summed E-state index contributed by atoms with van der Waals surface area (Å²) in [6.07, 6.45) is 0. The van der Waals surface area contributed by atoms with Crippen molar-refractivity contribution < 1.29 is 24.0 Å². The molecule has 1 aliphatic rings. The molecule has 2 heterocycles. The normalized spacial score (nSPS) is 13.7. The van der Waals surface area contributed by atoms with Crippen LogP contribution in [0.25, 0.3) is 11.3 Å². The molecule has 2 N–H and O–H groups in total. The van der Waals surface area contributed by atoms with Crippen LogP contribution in [0, 0.1) is 10.1 Å². The lowest BCUT2D eigenvalue weighted by atomic mass is 9.80. The van der Waals surface area contributed by atoms with Crippen molar-refractivity contribution >= 4 is 39.8 Å². The van der Waals surface area contributed by atoms with E-state index in [1.54, 1.807) is 43.5 Å². The summed E-state index contributed by atoms with van der Waals surface area (Å²) in [4.78, 5) is 41.0. The fraction of sp³-hybridized carbons (Fsp3) is 0.192. The van der Waals surface area contributed by atoms with Crippen molar-refractivity contribution in [2.75, 3.05) is 19.5 Å². The minimum Gasteiger partial charge on any atom is -0.466 e. The number of carbonyl (C=O) groups is 2. The lowest BCUT2D eigenvalue weighted by Gasteiger charge is -2.30. The van der Waals surface area contributed by atoms with Gasteiger partial charge in [0.15, 0.2) is 5.13 Å². The van der Waals surface area contributed by atoms with Gasteiger partial charge < -0.3 is 20.1 Å². The molecule has 2 aromatic carbocycles. The van der Waals surface area contributed by atoms with E-state index in [0.717, 1.165) is 0 Å². The van der Waals surface area contributed by atoms with Crippen LogP contribution in [-0.4, -0.2) is 36.1 Å². The molecular weight excluding hydrogens is 496 g/mol. The molecule has 0 unspecified atom stereocenters. The third-order valence-electron chi connectivity index (χ3n) is 5.92. The van der Waals surface area contributed by atoms with E-state index < -0.39 is 22.8 Å². The van der Waals surface area contributed by atoms with Gasteiger partial charge in [-0.3, -0.25) is 10.1 Å². The Morgan fingerprint density at radius 2 is 1.68 bits per heavy atom. The van der Waals surface area contributed by atoms with Crippen LogP contribution in [-0.2, 0) is 19.1 Å². The Morgan fingerprint density at radius 3 is 2.30 bits per heavy atom. The first-order chi connectivity index (χ1) is 17.7. The van der Waals surface area contributed by atoms with Gasteiger partial charge in [-0.25, -0.2) is 14.6 Å². The maximum atomic E-state index is 12.7. The predicted molar refractivity (Wildman–Crippen MR) is 139 cm³/mol. The molecule has 0 atom stereocenters. The summed E-state index contributed by atoms with van der Waals surface area (Å²) in [5.74, 6) is -1.84. The second-order valence-electron chi connectivity index (χ2n) is 8.18. The first-order valence-electron chi connectivity index (χ1n) is 11.2. The number of ether oxygens (including phenoxy) is 2. The van der Waals surface area contributed by atoms with E-state index in [1.807, 2.05) is 18.2 Å². The number of esters is 2. The van der Waals surface area contributed by atoms with Crippen molar-refractivity contribution in [2.45, 2.75) is 19.8 Å². The monoisotopic (exact) mass is 520 g/mol. The highest BCUT2D eigenvalue weighted by atomic mass is 32.1. The van der Waals surface area contributed by atoms with Gasteiger partial charge in [0.2, 0.25) is 0 Å². The number of dihydropyridines is 1. The van der Waals surface area contributed by atoms with Gasteiger partial charge in [0.25, 0.3) is 5.69 Å². The van der Waals surface area contributed by atoms with E-state index in [4.69, 9.17) is 9.47 Å². The SMILES string of the molecule is COC(=O)C1=C(C)NC(C)=C(C(=O)OC)C1c1cccc(Nc2nc(-c3ccccc3[N+](=O)[O-])cs2)c1. The second-order valence-corrected chi connectivity index (χ2v) is 9.04. The highest BCUT2D eigenvalue weighted by Crippen LogP contribution is 2.40. The standard InChI is InChI=1S/C26H24N4O6S/c1-14-21(24(31)35-3)23(22(15(2)27-14)25(32)36-4)16-8-7-9-17(12-16)28-26-29-19(13-37-26)18-10-5-6-11-20(18)30(33)34/h5-13,23,27H,1-4H3,(H,28,29). The molecule has 11 heteroatoms. The molecule has 0 amide bonds. The number of rotatable bonds is 7. The molecule has 37 heavy (non-hydrogen) atoms. The summed E-state index contributed by atoms with van der Waals surface area (Å²) >= 11 is 1.30. The number of nitrogens with one attached hydrogen (secondary N) is 2. The van der Waals surface area contributed by atoms with Gasteiger partial charge in [-0.15, -0.1) is 11.3 Å². The van der Waals surface area contributed by atoms with Gasteiger partial charge in [0.1, 0.15) is 0 Å². The van der Waals surface area contributed by atoms with E-state index in [-0.39, 0.29) is 5.69 Å². The number of para-hydroxylation sites is 1. The van der Waals surface area contributed by atoms with Crippen molar-refractivity contribution in [3.63, 3.8) is 0 Å². The Kier molecular flexibility index (Phi) is 7.35. The van der Waals surface area contributed by atoms with Crippen LogP contribution in [0.15, 0.2) is 76.5 Å². The van der Waals surface area contributed by atoms with Crippen molar-refractivity contribution in [3.05, 3.63) is 92.1 Å². The van der Waals surface area contributed by atoms with E-state index in [1.165, 1.54) is 31.6 Å². The molecule has 0 bridgehead atoms. The molecule has 0 fully saturated rings.